The highest BCUT2D eigenvalue weighted by molar-refractivity contribution is 5.35. The number of nitrogens with zero attached hydrogens (tertiary/aromatic N) is 1. The van der Waals surface area contributed by atoms with E-state index in [1.54, 1.807) is 7.11 Å². The van der Waals surface area contributed by atoms with Crippen LogP contribution in [0.3, 0.4) is 0 Å². The summed E-state index contributed by atoms with van der Waals surface area (Å²) in [5.41, 5.74) is 2.05. The quantitative estimate of drug-likeness (QED) is 0.865. The maximum absolute atomic E-state index is 13.0. The molecule has 0 bridgehead atoms. The molecule has 2 aromatic carbocycles. The van der Waals surface area contributed by atoms with Gasteiger partial charge in [0.25, 0.3) is 0 Å². The lowest BCUT2D eigenvalue weighted by Gasteiger charge is -2.34. The number of halogens is 1. The first-order valence-corrected chi connectivity index (χ1v) is 8.95. The van der Waals surface area contributed by atoms with Crippen LogP contribution in [0.2, 0.25) is 0 Å². The summed E-state index contributed by atoms with van der Waals surface area (Å²) in [5.74, 6) is 0.835. The molecule has 1 unspecified atom stereocenters. The SMILES string of the molecule is COc1ccccc1C(O)C1CCN(CCc2ccc(F)cc2)CC1. The van der Waals surface area contributed by atoms with E-state index in [1.165, 1.54) is 12.1 Å². The average molecular weight is 343 g/mol. The third-order valence-electron chi connectivity index (χ3n) is 5.17. The molecule has 1 N–H and O–H groups in total. The van der Waals surface area contributed by atoms with E-state index in [0.717, 1.165) is 55.8 Å². The van der Waals surface area contributed by atoms with Crippen LogP contribution in [0, 0.1) is 11.7 Å². The van der Waals surface area contributed by atoms with Gasteiger partial charge in [0.2, 0.25) is 0 Å². The molecule has 1 saturated heterocycles. The van der Waals surface area contributed by atoms with Gasteiger partial charge in [-0.25, -0.2) is 4.39 Å². The summed E-state index contributed by atoms with van der Waals surface area (Å²) in [4.78, 5) is 2.43. The van der Waals surface area contributed by atoms with Gasteiger partial charge in [0.05, 0.1) is 13.2 Å². The van der Waals surface area contributed by atoms with Gasteiger partial charge in [-0.2, -0.15) is 0 Å². The fourth-order valence-corrected chi connectivity index (χ4v) is 3.60. The van der Waals surface area contributed by atoms with Crippen molar-refractivity contribution >= 4 is 0 Å². The maximum atomic E-state index is 13.0. The molecular weight excluding hydrogens is 317 g/mol. The van der Waals surface area contributed by atoms with Gasteiger partial charge in [-0.05, 0) is 62.0 Å². The van der Waals surface area contributed by atoms with Crippen LogP contribution in [-0.2, 0) is 6.42 Å². The topological polar surface area (TPSA) is 32.7 Å². The molecule has 134 valence electrons. The van der Waals surface area contributed by atoms with Crippen LogP contribution in [0.15, 0.2) is 48.5 Å². The highest BCUT2D eigenvalue weighted by Gasteiger charge is 2.27. The van der Waals surface area contributed by atoms with Gasteiger partial charge in [-0.1, -0.05) is 30.3 Å². The normalized spacial score (nSPS) is 17.4. The lowest BCUT2D eigenvalue weighted by molar-refractivity contribution is 0.0575. The summed E-state index contributed by atoms with van der Waals surface area (Å²) in [6.07, 6.45) is 2.40. The number of benzene rings is 2. The van der Waals surface area contributed by atoms with Gasteiger partial charge >= 0.3 is 0 Å². The largest absolute Gasteiger partial charge is 0.496 e. The monoisotopic (exact) mass is 343 g/mol. The van der Waals surface area contributed by atoms with Crippen molar-refractivity contribution < 1.29 is 14.2 Å². The van der Waals surface area contributed by atoms with E-state index >= 15 is 0 Å². The second-order valence-electron chi connectivity index (χ2n) is 6.74. The van der Waals surface area contributed by atoms with Crippen molar-refractivity contribution in [3.05, 3.63) is 65.5 Å². The minimum absolute atomic E-state index is 0.185. The number of ether oxygens (including phenoxy) is 1. The number of hydrogen-bond acceptors (Lipinski definition) is 3. The highest BCUT2D eigenvalue weighted by Crippen LogP contribution is 2.35. The molecule has 0 aliphatic carbocycles. The van der Waals surface area contributed by atoms with Crippen LogP contribution in [0.5, 0.6) is 5.75 Å². The molecule has 4 heteroatoms. The molecule has 0 aromatic heterocycles. The van der Waals surface area contributed by atoms with Crippen LogP contribution in [0.25, 0.3) is 0 Å². The van der Waals surface area contributed by atoms with Crippen LogP contribution in [0.1, 0.15) is 30.1 Å². The number of likely N-dealkylation sites (tertiary alicyclic amines) is 1. The van der Waals surface area contributed by atoms with Crippen molar-refractivity contribution in [2.75, 3.05) is 26.7 Å². The van der Waals surface area contributed by atoms with Crippen molar-refractivity contribution in [1.82, 2.24) is 4.90 Å². The molecule has 1 atom stereocenters. The Hall–Kier alpha value is -1.91. The molecule has 3 nitrogen and oxygen atoms in total. The molecule has 1 aliphatic heterocycles. The number of aliphatic hydroxyl groups is 1. The lowest BCUT2D eigenvalue weighted by Crippen LogP contribution is -2.36. The molecule has 0 saturated carbocycles. The Labute approximate surface area is 149 Å². The van der Waals surface area contributed by atoms with Gasteiger partial charge in [-0.3, -0.25) is 0 Å². The zero-order chi connectivity index (χ0) is 17.6. The van der Waals surface area contributed by atoms with Gasteiger partial charge in [0.1, 0.15) is 11.6 Å². The fourth-order valence-electron chi connectivity index (χ4n) is 3.60. The van der Waals surface area contributed by atoms with Crippen LogP contribution >= 0.6 is 0 Å². The van der Waals surface area contributed by atoms with Gasteiger partial charge in [-0.15, -0.1) is 0 Å². The van der Waals surface area contributed by atoms with Crippen molar-refractivity contribution in [3.8, 4) is 5.75 Å². The lowest BCUT2D eigenvalue weighted by atomic mass is 9.87. The molecule has 1 fully saturated rings. The number of piperidine rings is 1. The summed E-state index contributed by atoms with van der Waals surface area (Å²) >= 11 is 0. The van der Waals surface area contributed by atoms with E-state index in [2.05, 4.69) is 4.90 Å². The zero-order valence-corrected chi connectivity index (χ0v) is 14.7. The summed E-state index contributed by atoms with van der Waals surface area (Å²) in [6, 6.07) is 14.5. The Morgan fingerprint density at radius 1 is 1.12 bits per heavy atom. The van der Waals surface area contributed by atoms with Gasteiger partial charge in [0, 0.05) is 12.1 Å². The molecule has 2 aromatic rings. The number of hydrogen-bond donors (Lipinski definition) is 1. The molecule has 25 heavy (non-hydrogen) atoms. The van der Waals surface area contributed by atoms with Crippen molar-refractivity contribution in [2.24, 2.45) is 5.92 Å². The van der Waals surface area contributed by atoms with Crippen molar-refractivity contribution in [3.63, 3.8) is 0 Å². The van der Waals surface area contributed by atoms with Crippen LogP contribution in [0.4, 0.5) is 4.39 Å². The Morgan fingerprint density at radius 2 is 1.80 bits per heavy atom. The highest BCUT2D eigenvalue weighted by atomic mass is 19.1. The van der Waals surface area contributed by atoms with E-state index in [9.17, 15) is 9.50 Å². The van der Waals surface area contributed by atoms with Crippen molar-refractivity contribution in [2.45, 2.75) is 25.4 Å². The standard InChI is InChI=1S/C21H26FNO2/c1-25-20-5-3-2-4-19(20)21(24)17-11-14-23(15-12-17)13-10-16-6-8-18(22)9-7-16/h2-9,17,21,24H,10-15H2,1H3. The first-order valence-electron chi connectivity index (χ1n) is 8.95. The second kappa shape index (κ2) is 8.45. The van der Waals surface area contributed by atoms with Crippen LogP contribution in [-0.4, -0.2) is 36.8 Å². The van der Waals surface area contributed by atoms with E-state index in [4.69, 9.17) is 4.74 Å². The van der Waals surface area contributed by atoms with Crippen LogP contribution < -0.4 is 4.74 Å². The fraction of sp³-hybridized carbons (Fsp3) is 0.429. The average Bonchev–Trinajstić information content (AvgIpc) is 2.67. The summed E-state index contributed by atoms with van der Waals surface area (Å²) in [6.45, 7) is 2.94. The molecule has 1 heterocycles. The first kappa shape index (κ1) is 17.9. The van der Waals surface area contributed by atoms with Gasteiger partial charge < -0.3 is 14.7 Å². The number of methoxy groups -OCH3 is 1. The minimum Gasteiger partial charge on any atom is -0.496 e. The molecule has 1 aliphatic rings. The third-order valence-corrected chi connectivity index (χ3v) is 5.17. The summed E-state index contributed by atoms with van der Waals surface area (Å²) in [5, 5.41) is 10.7. The molecule has 0 amide bonds. The molecule has 3 rings (SSSR count). The Balaban J connectivity index is 1.50. The van der Waals surface area contributed by atoms with E-state index in [-0.39, 0.29) is 11.7 Å². The summed E-state index contributed by atoms with van der Waals surface area (Å²) in [7, 11) is 1.64. The number of para-hydroxylation sites is 1. The summed E-state index contributed by atoms with van der Waals surface area (Å²) < 4.78 is 18.3. The number of aliphatic hydroxyl groups excluding tert-OH is 1. The number of rotatable bonds is 6. The Kier molecular flexibility index (Phi) is 6.05. The van der Waals surface area contributed by atoms with Gasteiger partial charge in [0.15, 0.2) is 0 Å². The predicted octanol–water partition coefficient (Wildman–Crippen LogP) is 3.82. The van der Waals surface area contributed by atoms with E-state index in [1.807, 2.05) is 36.4 Å². The second-order valence-corrected chi connectivity index (χ2v) is 6.74. The zero-order valence-electron chi connectivity index (χ0n) is 14.7. The molecule has 0 radical (unpaired) electrons. The predicted molar refractivity (Wildman–Crippen MR) is 97.2 cm³/mol. The molecular formula is C21H26FNO2. The van der Waals surface area contributed by atoms with E-state index in [0.29, 0.717) is 0 Å². The van der Waals surface area contributed by atoms with E-state index < -0.39 is 6.10 Å². The molecule has 0 spiro atoms. The third kappa shape index (κ3) is 4.59. The minimum atomic E-state index is -0.476. The maximum Gasteiger partial charge on any atom is 0.124 e. The Bertz CT molecular complexity index is 666. The Morgan fingerprint density at radius 3 is 2.48 bits per heavy atom. The smallest absolute Gasteiger partial charge is 0.124 e. The van der Waals surface area contributed by atoms with Crippen molar-refractivity contribution in [1.29, 1.82) is 0 Å². The first-order chi connectivity index (χ1) is 12.2.